The average molecular weight is 294 g/mol. The number of rotatable bonds is 4. The SMILES string of the molecule is CCC12C(=O)CC(Sc3ccccc3F)C1C2C(=O)O. The zero-order chi connectivity index (χ0) is 14.5. The molecule has 20 heavy (non-hydrogen) atoms. The Bertz CT molecular complexity index is 588. The van der Waals surface area contributed by atoms with Gasteiger partial charge in [-0.2, -0.15) is 0 Å². The lowest BCUT2D eigenvalue weighted by atomic mass is 9.95. The predicted molar refractivity (Wildman–Crippen MR) is 73.0 cm³/mol. The van der Waals surface area contributed by atoms with E-state index in [2.05, 4.69) is 0 Å². The van der Waals surface area contributed by atoms with E-state index in [0.29, 0.717) is 17.7 Å². The first-order chi connectivity index (χ1) is 9.52. The summed E-state index contributed by atoms with van der Waals surface area (Å²) in [5, 5.41) is 9.15. The number of fused-ring (bicyclic) bond motifs is 1. The van der Waals surface area contributed by atoms with Crippen molar-refractivity contribution in [3.05, 3.63) is 30.1 Å². The largest absolute Gasteiger partial charge is 0.481 e. The van der Waals surface area contributed by atoms with Crippen molar-refractivity contribution in [3.63, 3.8) is 0 Å². The van der Waals surface area contributed by atoms with Crippen molar-refractivity contribution in [2.75, 3.05) is 0 Å². The molecule has 4 atom stereocenters. The molecule has 3 rings (SSSR count). The Hall–Kier alpha value is -1.36. The van der Waals surface area contributed by atoms with Crippen LogP contribution in [-0.2, 0) is 9.59 Å². The lowest BCUT2D eigenvalue weighted by Crippen LogP contribution is -2.20. The first-order valence-electron chi connectivity index (χ1n) is 6.69. The van der Waals surface area contributed by atoms with Crippen molar-refractivity contribution < 1.29 is 19.1 Å². The van der Waals surface area contributed by atoms with Gasteiger partial charge in [-0.25, -0.2) is 4.39 Å². The predicted octanol–water partition coefficient (Wildman–Crippen LogP) is 2.99. The first-order valence-corrected chi connectivity index (χ1v) is 7.57. The summed E-state index contributed by atoms with van der Waals surface area (Å²) in [6.45, 7) is 1.87. The van der Waals surface area contributed by atoms with E-state index in [-0.39, 0.29) is 22.8 Å². The molecule has 2 aliphatic carbocycles. The van der Waals surface area contributed by atoms with Crippen LogP contribution in [0.5, 0.6) is 0 Å². The number of thioether (sulfide) groups is 1. The van der Waals surface area contributed by atoms with Crippen LogP contribution in [0.2, 0.25) is 0 Å². The second-order valence-electron chi connectivity index (χ2n) is 5.45. The highest BCUT2D eigenvalue weighted by atomic mass is 32.2. The summed E-state index contributed by atoms with van der Waals surface area (Å²) in [6, 6.07) is 6.42. The van der Waals surface area contributed by atoms with Crippen LogP contribution in [-0.4, -0.2) is 22.1 Å². The van der Waals surface area contributed by atoms with Crippen molar-refractivity contribution in [3.8, 4) is 0 Å². The van der Waals surface area contributed by atoms with Crippen LogP contribution in [0, 0.1) is 23.1 Å². The number of benzene rings is 1. The second kappa shape index (κ2) is 4.58. The zero-order valence-corrected chi connectivity index (χ0v) is 11.8. The molecule has 0 aliphatic heterocycles. The van der Waals surface area contributed by atoms with Crippen molar-refractivity contribution >= 4 is 23.5 Å². The fourth-order valence-corrected chi connectivity index (χ4v) is 5.16. The van der Waals surface area contributed by atoms with Gasteiger partial charge in [-0.05, 0) is 24.5 Å². The molecule has 0 aromatic heterocycles. The number of aliphatic carboxylic acids is 1. The molecule has 1 aromatic rings. The number of Topliss-reactive ketones (excluding diaryl/α,β-unsaturated/α-hetero) is 1. The minimum absolute atomic E-state index is 0.0336. The molecule has 1 N–H and O–H groups in total. The van der Waals surface area contributed by atoms with Crippen LogP contribution in [0.3, 0.4) is 0 Å². The van der Waals surface area contributed by atoms with Crippen LogP contribution in [0.1, 0.15) is 19.8 Å². The van der Waals surface area contributed by atoms with Gasteiger partial charge in [0.15, 0.2) is 0 Å². The number of carbonyl (C=O) groups is 2. The number of hydrogen-bond donors (Lipinski definition) is 1. The molecule has 0 saturated heterocycles. The highest BCUT2D eigenvalue weighted by Crippen LogP contribution is 2.71. The van der Waals surface area contributed by atoms with Crippen LogP contribution in [0.15, 0.2) is 29.2 Å². The normalized spacial score (nSPS) is 34.9. The number of carboxylic acid groups (broad SMARTS) is 1. The molecule has 0 spiro atoms. The summed E-state index contributed by atoms with van der Waals surface area (Å²) in [6.07, 6.45) is 0.906. The molecular formula is C15H15FO3S. The fourth-order valence-electron chi connectivity index (χ4n) is 3.72. The Morgan fingerprint density at radius 3 is 2.75 bits per heavy atom. The van der Waals surface area contributed by atoms with Gasteiger partial charge in [-0.3, -0.25) is 9.59 Å². The summed E-state index contributed by atoms with van der Waals surface area (Å²) >= 11 is 1.31. The van der Waals surface area contributed by atoms with Gasteiger partial charge in [-0.15, -0.1) is 11.8 Å². The molecule has 4 unspecified atom stereocenters. The Labute approximate surface area is 120 Å². The van der Waals surface area contributed by atoms with E-state index in [1.54, 1.807) is 18.2 Å². The number of ketones is 1. The van der Waals surface area contributed by atoms with E-state index in [9.17, 15) is 19.1 Å². The van der Waals surface area contributed by atoms with E-state index >= 15 is 0 Å². The quantitative estimate of drug-likeness (QED) is 0.927. The van der Waals surface area contributed by atoms with Gasteiger partial charge in [0.25, 0.3) is 0 Å². The van der Waals surface area contributed by atoms with Gasteiger partial charge in [0.05, 0.1) is 5.92 Å². The van der Waals surface area contributed by atoms with Crippen LogP contribution in [0.4, 0.5) is 4.39 Å². The number of carbonyl (C=O) groups excluding carboxylic acids is 1. The Morgan fingerprint density at radius 1 is 1.50 bits per heavy atom. The maximum atomic E-state index is 13.7. The van der Waals surface area contributed by atoms with E-state index in [1.165, 1.54) is 17.8 Å². The topological polar surface area (TPSA) is 54.4 Å². The van der Waals surface area contributed by atoms with Crippen molar-refractivity contribution in [1.29, 1.82) is 0 Å². The third-order valence-electron chi connectivity index (χ3n) is 4.67. The van der Waals surface area contributed by atoms with Crippen LogP contribution < -0.4 is 0 Å². The summed E-state index contributed by atoms with van der Waals surface area (Å²) in [5.74, 6) is -1.91. The highest BCUT2D eigenvalue weighted by Gasteiger charge is 2.77. The minimum Gasteiger partial charge on any atom is -0.481 e. The summed E-state index contributed by atoms with van der Waals surface area (Å²) in [5.41, 5.74) is -0.686. The lowest BCUT2D eigenvalue weighted by molar-refractivity contribution is -0.142. The lowest BCUT2D eigenvalue weighted by Gasteiger charge is -2.12. The van der Waals surface area contributed by atoms with E-state index in [1.807, 2.05) is 6.92 Å². The van der Waals surface area contributed by atoms with Gasteiger partial charge in [0, 0.05) is 22.0 Å². The third kappa shape index (κ3) is 1.72. The maximum absolute atomic E-state index is 13.7. The smallest absolute Gasteiger partial charge is 0.307 e. The van der Waals surface area contributed by atoms with Crippen molar-refractivity contribution in [2.24, 2.45) is 17.3 Å². The Kier molecular flexibility index (Phi) is 3.12. The van der Waals surface area contributed by atoms with Crippen LogP contribution >= 0.6 is 11.8 Å². The summed E-state index contributed by atoms with van der Waals surface area (Å²) in [4.78, 5) is 24.0. The average Bonchev–Trinajstić information content (AvgIpc) is 3.03. The highest BCUT2D eigenvalue weighted by molar-refractivity contribution is 8.00. The van der Waals surface area contributed by atoms with E-state index in [4.69, 9.17) is 0 Å². The van der Waals surface area contributed by atoms with Crippen molar-refractivity contribution in [2.45, 2.75) is 29.9 Å². The Morgan fingerprint density at radius 2 is 2.20 bits per heavy atom. The van der Waals surface area contributed by atoms with Crippen LogP contribution in [0.25, 0.3) is 0 Å². The number of carboxylic acids is 1. The van der Waals surface area contributed by atoms with E-state index in [0.717, 1.165) is 0 Å². The minimum atomic E-state index is -0.899. The molecule has 0 bridgehead atoms. The van der Waals surface area contributed by atoms with E-state index < -0.39 is 17.3 Å². The van der Waals surface area contributed by atoms with Gasteiger partial charge in [0.2, 0.25) is 0 Å². The first kappa shape index (κ1) is 13.6. The molecule has 2 aliphatic rings. The monoisotopic (exact) mass is 294 g/mol. The van der Waals surface area contributed by atoms with Gasteiger partial charge >= 0.3 is 5.97 Å². The molecule has 3 nitrogen and oxygen atoms in total. The molecule has 0 heterocycles. The number of hydrogen-bond acceptors (Lipinski definition) is 3. The molecule has 2 fully saturated rings. The standard InChI is InChI=1S/C15H15FO3S/c1-2-15-11(17)7-10(12(15)13(15)14(18)19)20-9-6-4-3-5-8(9)16/h3-6,10,12-13H,2,7H2,1H3,(H,18,19). The Balaban J connectivity index is 1.85. The molecule has 1 aromatic carbocycles. The fraction of sp³-hybridized carbons (Fsp3) is 0.467. The van der Waals surface area contributed by atoms with Gasteiger partial charge < -0.3 is 5.11 Å². The molecule has 106 valence electrons. The molecule has 5 heteroatoms. The maximum Gasteiger partial charge on any atom is 0.307 e. The summed E-state index contributed by atoms with van der Waals surface area (Å²) in [7, 11) is 0. The molecule has 0 amide bonds. The molecule has 2 saturated carbocycles. The number of halogens is 1. The van der Waals surface area contributed by atoms with Gasteiger partial charge in [0.1, 0.15) is 11.6 Å². The molecule has 0 radical (unpaired) electrons. The van der Waals surface area contributed by atoms with Gasteiger partial charge in [-0.1, -0.05) is 19.1 Å². The zero-order valence-electron chi connectivity index (χ0n) is 11.0. The summed E-state index contributed by atoms with van der Waals surface area (Å²) < 4.78 is 13.7. The van der Waals surface area contributed by atoms with Crippen molar-refractivity contribution in [1.82, 2.24) is 0 Å². The second-order valence-corrected chi connectivity index (χ2v) is 6.73. The third-order valence-corrected chi connectivity index (χ3v) is 6.02. The molecular weight excluding hydrogens is 279 g/mol.